The van der Waals surface area contributed by atoms with Gasteiger partial charge in [-0.25, -0.2) is 0 Å². The van der Waals surface area contributed by atoms with Gasteiger partial charge in [-0.2, -0.15) is 0 Å². The maximum atomic E-state index is 12.8. The fourth-order valence-electron chi connectivity index (χ4n) is 9.24. The summed E-state index contributed by atoms with van der Waals surface area (Å²) in [6.45, 7) is 5.49. The third-order valence-electron chi connectivity index (χ3n) is 12.6. The number of hydrogen-bond donors (Lipinski definition) is 5. The quantitative estimate of drug-likeness (QED) is 0.0922. The monoisotopic (exact) mass is 869 g/mol. The average Bonchev–Trinajstić information content (AvgIpc) is 3.30. The maximum absolute atomic E-state index is 12.8. The topological polar surface area (TPSA) is 175 Å². The number of carbonyl (C=O) groups is 1. The second-order valence-electron chi connectivity index (χ2n) is 17.1. The molecule has 0 radical (unpaired) electrons. The smallest absolute Gasteiger partial charge is 0.217 e. The number of aliphatic hydroxyl groups excluding tert-OH is 4. The first-order valence-electron chi connectivity index (χ1n) is 22.1. The number of ether oxygens (including phenoxy) is 7. The van der Waals surface area contributed by atoms with Gasteiger partial charge in [0.15, 0.2) is 6.29 Å². The van der Waals surface area contributed by atoms with E-state index >= 15 is 0 Å². The van der Waals surface area contributed by atoms with Crippen LogP contribution in [0.1, 0.15) is 55.9 Å². The van der Waals surface area contributed by atoms with Crippen LogP contribution in [0.15, 0.2) is 121 Å². The van der Waals surface area contributed by atoms with Crippen LogP contribution in [0, 0.1) is 11.8 Å². The molecule has 7 rings (SSSR count). The Morgan fingerprint density at radius 2 is 0.968 bits per heavy atom. The molecule has 0 aliphatic carbocycles. The number of benzene rings is 4. The maximum Gasteiger partial charge on any atom is 0.217 e. The van der Waals surface area contributed by atoms with E-state index in [1.54, 1.807) is 6.92 Å². The number of hydrogen-bond acceptors (Lipinski definition) is 12. The number of rotatable bonds is 18. The molecule has 4 aromatic carbocycles. The molecule has 3 fully saturated rings. The van der Waals surface area contributed by atoms with Crippen molar-refractivity contribution in [1.82, 2.24) is 5.32 Å². The van der Waals surface area contributed by atoms with E-state index in [9.17, 15) is 25.2 Å². The van der Waals surface area contributed by atoms with Gasteiger partial charge in [-0.05, 0) is 48.9 Å². The summed E-state index contributed by atoms with van der Waals surface area (Å²) in [6, 6.07) is 38.2. The van der Waals surface area contributed by atoms with Gasteiger partial charge >= 0.3 is 0 Å². The van der Waals surface area contributed by atoms with E-state index in [1.165, 1.54) is 6.92 Å². The summed E-state index contributed by atoms with van der Waals surface area (Å²) in [6.07, 6.45) is -10.2. The minimum atomic E-state index is -1.27. The molecule has 0 saturated carbocycles. The normalized spacial score (nSPS) is 33.4. The Balaban J connectivity index is 1.19. The second kappa shape index (κ2) is 22.7. The molecular weight excluding hydrogens is 807 g/mol. The van der Waals surface area contributed by atoms with Crippen LogP contribution in [0.5, 0.6) is 0 Å². The van der Waals surface area contributed by atoms with Crippen molar-refractivity contribution in [3.8, 4) is 0 Å². The summed E-state index contributed by atoms with van der Waals surface area (Å²) in [7, 11) is 0. The van der Waals surface area contributed by atoms with Gasteiger partial charge in [-0.3, -0.25) is 4.79 Å². The van der Waals surface area contributed by atoms with Gasteiger partial charge < -0.3 is 58.9 Å². The Morgan fingerprint density at radius 1 is 0.524 bits per heavy atom. The Hall–Kier alpha value is -4.09. The first-order chi connectivity index (χ1) is 30.6. The standard InChI is InChI=1S/C50H63NO12/c1-31-44(54)46(56)38(40(61-31)25-39-43(51-33(3)53)50(63-42(26-52)45(39)55)60-30-37-22-14-7-15-23-37)24-41-48(58-28-35-18-10-5-11-19-35)49(59-29-36-20-12-6-13-21-36)47(32(2)62-41)57-27-34-16-8-4-9-17-34/h4-23,31-32,38-50,52,54-56H,24-30H2,1-3H3,(H,51,53)/t31-,32-,38-,39+,40-,41-,42+,43+,44+,45-,46+,47+,48+,49+,50-/m0/s1. The third-order valence-corrected chi connectivity index (χ3v) is 12.6. The van der Waals surface area contributed by atoms with Crippen molar-refractivity contribution >= 4 is 5.91 Å². The molecule has 3 aliphatic rings. The van der Waals surface area contributed by atoms with Gasteiger partial charge in [0.05, 0.1) is 75.7 Å². The van der Waals surface area contributed by atoms with Gasteiger partial charge in [0.25, 0.3) is 0 Å². The molecule has 4 aromatic rings. The molecule has 0 aromatic heterocycles. The first kappa shape index (κ1) is 46.9. The summed E-state index contributed by atoms with van der Waals surface area (Å²) in [5, 5.41) is 48.5. The molecule has 0 bridgehead atoms. The summed E-state index contributed by atoms with van der Waals surface area (Å²) in [5.41, 5.74) is 3.78. The largest absolute Gasteiger partial charge is 0.394 e. The molecule has 13 nitrogen and oxygen atoms in total. The number of carbonyl (C=O) groups excluding carboxylic acids is 1. The summed E-state index contributed by atoms with van der Waals surface area (Å²) in [5.74, 6) is -1.89. The Kier molecular flexibility index (Phi) is 16.9. The third kappa shape index (κ3) is 12.2. The highest BCUT2D eigenvalue weighted by Gasteiger charge is 2.53. The van der Waals surface area contributed by atoms with Gasteiger partial charge in [0, 0.05) is 18.8 Å². The molecule has 3 heterocycles. The van der Waals surface area contributed by atoms with Crippen LogP contribution < -0.4 is 5.32 Å². The summed E-state index contributed by atoms with van der Waals surface area (Å²) >= 11 is 0. The van der Waals surface area contributed by atoms with Crippen LogP contribution in [0.25, 0.3) is 0 Å². The molecule has 0 spiro atoms. The molecule has 340 valence electrons. The van der Waals surface area contributed by atoms with Crippen molar-refractivity contribution < 1.29 is 58.4 Å². The van der Waals surface area contributed by atoms with E-state index in [1.807, 2.05) is 128 Å². The molecule has 13 heteroatoms. The fraction of sp³-hybridized carbons (Fsp3) is 0.500. The predicted octanol–water partition coefficient (Wildman–Crippen LogP) is 4.85. The van der Waals surface area contributed by atoms with Crippen molar-refractivity contribution in [3.05, 3.63) is 144 Å². The lowest BCUT2D eigenvalue weighted by Crippen LogP contribution is -2.64. The van der Waals surface area contributed by atoms with Crippen molar-refractivity contribution in [3.63, 3.8) is 0 Å². The molecule has 0 unspecified atom stereocenters. The molecule has 5 N–H and O–H groups in total. The summed E-state index contributed by atoms with van der Waals surface area (Å²) in [4.78, 5) is 12.8. The molecule has 3 saturated heterocycles. The fourth-order valence-corrected chi connectivity index (χ4v) is 9.24. The van der Waals surface area contributed by atoms with Crippen LogP contribution in [-0.2, 0) is 64.4 Å². The molecular formula is C50H63NO12. The molecule has 63 heavy (non-hydrogen) atoms. The Morgan fingerprint density at radius 3 is 1.46 bits per heavy atom. The number of amides is 1. The van der Waals surface area contributed by atoms with Gasteiger partial charge in [0.2, 0.25) is 5.91 Å². The number of nitrogens with one attached hydrogen (secondary N) is 1. The van der Waals surface area contributed by atoms with E-state index in [2.05, 4.69) is 5.32 Å². The lowest BCUT2D eigenvalue weighted by Gasteiger charge is -2.50. The second-order valence-corrected chi connectivity index (χ2v) is 17.1. The minimum absolute atomic E-state index is 0.102. The molecule has 15 atom stereocenters. The lowest BCUT2D eigenvalue weighted by atomic mass is 9.74. The van der Waals surface area contributed by atoms with Crippen molar-refractivity contribution in [1.29, 1.82) is 0 Å². The van der Waals surface area contributed by atoms with Crippen molar-refractivity contribution in [2.75, 3.05) is 6.61 Å². The zero-order valence-electron chi connectivity index (χ0n) is 36.2. The van der Waals surface area contributed by atoms with Crippen LogP contribution in [0.2, 0.25) is 0 Å². The van der Waals surface area contributed by atoms with E-state index in [0.717, 1.165) is 22.3 Å². The Bertz CT molecular complexity index is 1950. The SMILES string of the molecule is CC(=O)N[C@H]1[C@@H](OCc2ccccc2)O[C@H](CO)[C@@H](O)[C@@H]1C[C@@H]1O[C@@H](C)[C@@H](O)[C@H](O)[C@H]1C[C@@H]1O[C@@H](C)[C@@H](OCc2ccccc2)[C@@H](OCc2ccccc2)[C@@H]1OCc1ccccc1. The zero-order valence-corrected chi connectivity index (χ0v) is 36.2. The van der Waals surface area contributed by atoms with Crippen LogP contribution in [-0.4, -0.2) is 112 Å². The lowest BCUT2D eigenvalue weighted by molar-refractivity contribution is -0.279. The van der Waals surface area contributed by atoms with Gasteiger partial charge in [0.1, 0.15) is 30.5 Å². The van der Waals surface area contributed by atoms with Crippen LogP contribution in [0.4, 0.5) is 0 Å². The van der Waals surface area contributed by atoms with E-state index in [-0.39, 0.29) is 38.6 Å². The highest BCUT2D eigenvalue weighted by atomic mass is 16.7. The first-order valence-corrected chi connectivity index (χ1v) is 22.1. The predicted molar refractivity (Wildman–Crippen MR) is 233 cm³/mol. The van der Waals surface area contributed by atoms with E-state index in [0.29, 0.717) is 6.61 Å². The average molecular weight is 870 g/mol. The van der Waals surface area contributed by atoms with E-state index in [4.69, 9.17) is 33.2 Å². The molecule has 1 amide bonds. The highest BCUT2D eigenvalue weighted by Crippen LogP contribution is 2.41. The number of aliphatic hydroxyl groups is 4. The van der Waals surface area contributed by atoms with Crippen molar-refractivity contribution in [2.24, 2.45) is 11.8 Å². The van der Waals surface area contributed by atoms with Crippen molar-refractivity contribution in [2.45, 2.75) is 140 Å². The molecule has 3 aliphatic heterocycles. The van der Waals surface area contributed by atoms with Crippen LogP contribution in [0.3, 0.4) is 0 Å². The highest BCUT2D eigenvalue weighted by molar-refractivity contribution is 5.73. The van der Waals surface area contributed by atoms with Crippen LogP contribution >= 0.6 is 0 Å². The van der Waals surface area contributed by atoms with Gasteiger partial charge in [-0.15, -0.1) is 0 Å². The van der Waals surface area contributed by atoms with Gasteiger partial charge in [-0.1, -0.05) is 121 Å². The zero-order chi connectivity index (χ0) is 44.3. The van der Waals surface area contributed by atoms with E-state index < -0.39 is 97.9 Å². The minimum Gasteiger partial charge on any atom is -0.394 e. The summed E-state index contributed by atoms with van der Waals surface area (Å²) < 4.78 is 46.1. The Labute approximate surface area is 370 Å².